The van der Waals surface area contributed by atoms with Gasteiger partial charge in [0.1, 0.15) is 0 Å². The molecule has 4 nitrogen and oxygen atoms in total. The fourth-order valence-corrected chi connectivity index (χ4v) is 2.61. The Morgan fingerprint density at radius 1 is 1.67 bits per heavy atom. The van der Waals surface area contributed by atoms with Crippen molar-refractivity contribution in [3.8, 4) is 0 Å². The van der Waals surface area contributed by atoms with Gasteiger partial charge in [-0.3, -0.25) is 9.59 Å². The maximum Gasteiger partial charge on any atom is 0.235 e. The van der Waals surface area contributed by atoms with Crippen LogP contribution in [0.5, 0.6) is 0 Å². The number of fused-ring (bicyclic) bond motifs is 1. The zero-order chi connectivity index (χ0) is 11.0. The fourth-order valence-electron chi connectivity index (χ4n) is 2.47. The van der Waals surface area contributed by atoms with Crippen molar-refractivity contribution in [2.24, 2.45) is 5.92 Å². The third kappa shape index (κ3) is 1.85. The van der Waals surface area contributed by atoms with Crippen LogP contribution in [0, 0.1) is 5.92 Å². The van der Waals surface area contributed by atoms with Gasteiger partial charge < -0.3 is 10.2 Å². The Morgan fingerprint density at radius 2 is 2.40 bits per heavy atom. The molecule has 0 aliphatic carbocycles. The summed E-state index contributed by atoms with van der Waals surface area (Å²) in [6.45, 7) is 3.15. The Morgan fingerprint density at radius 3 is 3.07 bits per heavy atom. The number of thiol groups is 1. The summed E-state index contributed by atoms with van der Waals surface area (Å²) in [5.41, 5.74) is 0. The summed E-state index contributed by atoms with van der Waals surface area (Å²) >= 11 is 4.16. The molecule has 0 spiro atoms. The van der Waals surface area contributed by atoms with E-state index in [1.54, 1.807) is 6.92 Å². The molecule has 2 saturated heterocycles. The van der Waals surface area contributed by atoms with Gasteiger partial charge >= 0.3 is 0 Å². The number of hydrogen-bond acceptors (Lipinski definition) is 3. The molecule has 0 aromatic carbocycles. The lowest BCUT2D eigenvalue weighted by Crippen LogP contribution is -2.50. The predicted octanol–water partition coefficient (Wildman–Crippen LogP) is 0.0417. The smallest absolute Gasteiger partial charge is 0.235 e. The van der Waals surface area contributed by atoms with Crippen LogP contribution < -0.4 is 5.32 Å². The standard InChI is InChI=1S/C10H16N2O2S/c1-6(15)10(14)12-4-2-3-7-8(12)5-11-9(7)13/h6-8,15H,2-5H2,1H3,(H,11,13). The van der Waals surface area contributed by atoms with Crippen LogP contribution >= 0.6 is 12.6 Å². The molecule has 2 heterocycles. The first kappa shape index (κ1) is 10.8. The highest BCUT2D eigenvalue weighted by Crippen LogP contribution is 2.28. The average Bonchev–Trinajstić information content (AvgIpc) is 2.59. The van der Waals surface area contributed by atoms with Gasteiger partial charge in [0, 0.05) is 13.1 Å². The number of nitrogens with one attached hydrogen (secondary N) is 1. The van der Waals surface area contributed by atoms with Crippen LogP contribution in [-0.4, -0.2) is 41.1 Å². The van der Waals surface area contributed by atoms with Crippen molar-refractivity contribution in [1.82, 2.24) is 10.2 Å². The van der Waals surface area contributed by atoms with Gasteiger partial charge in [0.2, 0.25) is 11.8 Å². The normalized spacial score (nSPS) is 32.1. The third-order valence-electron chi connectivity index (χ3n) is 3.24. The van der Waals surface area contributed by atoms with Crippen LogP contribution in [0.4, 0.5) is 0 Å². The molecular weight excluding hydrogens is 212 g/mol. The topological polar surface area (TPSA) is 49.4 Å². The summed E-state index contributed by atoms with van der Waals surface area (Å²) in [4.78, 5) is 25.2. The largest absolute Gasteiger partial charge is 0.354 e. The quantitative estimate of drug-likeness (QED) is 0.623. The Kier molecular flexibility index (Phi) is 2.91. The molecule has 0 bridgehead atoms. The van der Waals surface area contributed by atoms with Gasteiger partial charge in [-0.25, -0.2) is 0 Å². The van der Waals surface area contributed by atoms with E-state index >= 15 is 0 Å². The Labute approximate surface area is 94.8 Å². The average molecular weight is 228 g/mol. The van der Waals surface area contributed by atoms with Gasteiger partial charge in [0.25, 0.3) is 0 Å². The summed E-state index contributed by atoms with van der Waals surface area (Å²) in [6, 6.07) is 0.0633. The van der Waals surface area contributed by atoms with E-state index in [1.807, 2.05) is 4.90 Å². The summed E-state index contributed by atoms with van der Waals surface area (Å²) in [5.74, 6) is 0.156. The summed E-state index contributed by atoms with van der Waals surface area (Å²) in [6.07, 6.45) is 1.82. The number of carbonyl (C=O) groups excluding carboxylic acids is 2. The minimum absolute atomic E-state index is 0.00906. The van der Waals surface area contributed by atoms with Crippen molar-refractivity contribution in [1.29, 1.82) is 0 Å². The Bertz CT molecular complexity index is 293. The second-order valence-corrected chi connectivity index (χ2v) is 5.04. The van der Waals surface area contributed by atoms with Crippen LogP contribution in [0.3, 0.4) is 0 Å². The Hall–Kier alpha value is -0.710. The van der Waals surface area contributed by atoms with E-state index in [4.69, 9.17) is 0 Å². The van der Waals surface area contributed by atoms with Gasteiger partial charge in [0.05, 0.1) is 17.2 Å². The number of carbonyl (C=O) groups is 2. The lowest BCUT2D eigenvalue weighted by Gasteiger charge is -2.36. The predicted molar refractivity (Wildman–Crippen MR) is 59.7 cm³/mol. The third-order valence-corrected chi connectivity index (χ3v) is 3.46. The maximum absolute atomic E-state index is 11.9. The summed E-state index contributed by atoms with van der Waals surface area (Å²) < 4.78 is 0. The van der Waals surface area contributed by atoms with Crippen molar-refractivity contribution in [2.75, 3.05) is 13.1 Å². The highest BCUT2D eigenvalue weighted by Gasteiger charge is 2.42. The molecule has 3 atom stereocenters. The van der Waals surface area contributed by atoms with Gasteiger partial charge in [0.15, 0.2) is 0 Å². The lowest BCUT2D eigenvalue weighted by molar-refractivity contribution is -0.135. The van der Waals surface area contributed by atoms with E-state index in [1.165, 1.54) is 0 Å². The van der Waals surface area contributed by atoms with Crippen LogP contribution in [0.25, 0.3) is 0 Å². The monoisotopic (exact) mass is 228 g/mol. The number of nitrogens with zero attached hydrogens (tertiary/aromatic N) is 1. The highest BCUT2D eigenvalue weighted by molar-refractivity contribution is 7.81. The Balaban J connectivity index is 2.13. The van der Waals surface area contributed by atoms with Gasteiger partial charge in [-0.05, 0) is 19.8 Å². The van der Waals surface area contributed by atoms with Crippen molar-refractivity contribution in [3.05, 3.63) is 0 Å². The SMILES string of the molecule is CC(S)C(=O)N1CCCC2C(=O)NCC21. The minimum Gasteiger partial charge on any atom is -0.354 e. The molecule has 1 N–H and O–H groups in total. The maximum atomic E-state index is 11.9. The van der Waals surface area contributed by atoms with Gasteiger partial charge in [-0.2, -0.15) is 12.6 Å². The summed E-state index contributed by atoms with van der Waals surface area (Å²) in [5, 5.41) is 2.55. The van der Waals surface area contributed by atoms with E-state index in [-0.39, 0.29) is 29.0 Å². The van der Waals surface area contributed by atoms with E-state index < -0.39 is 0 Å². The first-order valence-electron chi connectivity index (χ1n) is 5.37. The second kappa shape index (κ2) is 4.04. The van der Waals surface area contributed by atoms with Crippen molar-refractivity contribution >= 4 is 24.4 Å². The van der Waals surface area contributed by atoms with Crippen LogP contribution in [0.2, 0.25) is 0 Å². The van der Waals surface area contributed by atoms with Crippen LogP contribution in [0.15, 0.2) is 0 Å². The summed E-state index contributed by atoms with van der Waals surface area (Å²) in [7, 11) is 0. The number of piperidine rings is 1. The molecule has 0 radical (unpaired) electrons. The van der Waals surface area contributed by atoms with E-state index in [0.29, 0.717) is 6.54 Å². The minimum atomic E-state index is -0.278. The molecule has 2 amide bonds. The number of rotatable bonds is 1. The molecule has 0 saturated carbocycles. The molecule has 2 rings (SSSR count). The van der Waals surface area contributed by atoms with E-state index in [2.05, 4.69) is 17.9 Å². The van der Waals surface area contributed by atoms with E-state index in [9.17, 15) is 9.59 Å². The zero-order valence-electron chi connectivity index (χ0n) is 8.77. The molecule has 15 heavy (non-hydrogen) atoms. The van der Waals surface area contributed by atoms with Crippen molar-refractivity contribution in [3.63, 3.8) is 0 Å². The van der Waals surface area contributed by atoms with Crippen molar-refractivity contribution < 1.29 is 9.59 Å². The highest BCUT2D eigenvalue weighted by atomic mass is 32.1. The first-order chi connectivity index (χ1) is 7.11. The molecule has 0 aromatic rings. The van der Waals surface area contributed by atoms with Crippen LogP contribution in [-0.2, 0) is 9.59 Å². The first-order valence-corrected chi connectivity index (χ1v) is 5.89. The second-order valence-electron chi connectivity index (χ2n) is 4.27. The molecular formula is C10H16N2O2S. The zero-order valence-corrected chi connectivity index (χ0v) is 9.67. The molecule has 3 unspecified atom stereocenters. The molecule has 5 heteroatoms. The molecule has 2 aliphatic rings. The lowest BCUT2D eigenvalue weighted by atomic mass is 9.91. The molecule has 0 aromatic heterocycles. The van der Waals surface area contributed by atoms with Gasteiger partial charge in [-0.1, -0.05) is 0 Å². The number of amides is 2. The number of likely N-dealkylation sites (tertiary alicyclic amines) is 1. The number of hydrogen-bond donors (Lipinski definition) is 2. The van der Waals surface area contributed by atoms with E-state index in [0.717, 1.165) is 19.4 Å². The molecule has 2 fully saturated rings. The van der Waals surface area contributed by atoms with Gasteiger partial charge in [-0.15, -0.1) is 0 Å². The van der Waals surface area contributed by atoms with Crippen molar-refractivity contribution in [2.45, 2.75) is 31.1 Å². The van der Waals surface area contributed by atoms with Crippen LogP contribution in [0.1, 0.15) is 19.8 Å². The molecule has 84 valence electrons. The fraction of sp³-hybridized carbons (Fsp3) is 0.800. The molecule has 2 aliphatic heterocycles.